The second kappa shape index (κ2) is 9.36. The third-order valence-electron chi connectivity index (χ3n) is 2.90. The Bertz CT molecular complexity index is 364. The van der Waals surface area contributed by atoms with Crippen molar-refractivity contribution in [2.75, 3.05) is 37.6 Å². The first-order chi connectivity index (χ1) is 8.31. The normalized spacial score (nSPS) is 15.2. The summed E-state index contributed by atoms with van der Waals surface area (Å²) in [4.78, 5) is 20.2. The molecule has 110 valence electrons. The Morgan fingerprint density at radius 2 is 2.11 bits per heavy atom. The van der Waals surface area contributed by atoms with Crippen LogP contribution in [0, 0.1) is 0 Å². The molecule has 0 saturated carbocycles. The van der Waals surface area contributed by atoms with Crippen molar-refractivity contribution >= 4 is 47.2 Å². The lowest BCUT2D eigenvalue weighted by Gasteiger charge is -2.21. The number of amides is 1. The van der Waals surface area contributed by atoms with Crippen LogP contribution >= 0.6 is 36.2 Å². The SMILES string of the molecule is Cl.Cl.NCCC(=O)N1CCCN(c2nccs2)CC1. The Balaban J connectivity index is 0.00000162. The van der Waals surface area contributed by atoms with Gasteiger partial charge in [0.05, 0.1) is 0 Å². The minimum Gasteiger partial charge on any atom is -0.346 e. The number of hydrogen-bond acceptors (Lipinski definition) is 5. The van der Waals surface area contributed by atoms with Crippen LogP contribution in [-0.4, -0.2) is 48.5 Å². The van der Waals surface area contributed by atoms with Crippen LogP contribution in [0.5, 0.6) is 0 Å². The van der Waals surface area contributed by atoms with E-state index < -0.39 is 0 Å². The van der Waals surface area contributed by atoms with Crippen LogP contribution in [0.2, 0.25) is 0 Å². The molecule has 2 N–H and O–H groups in total. The van der Waals surface area contributed by atoms with Crippen LogP contribution < -0.4 is 10.6 Å². The maximum atomic E-state index is 11.8. The van der Waals surface area contributed by atoms with E-state index >= 15 is 0 Å². The first-order valence-electron chi connectivity index (χ1n) is 5.93. The molecule has 1 saturated heterocycles. The molecule has 0 bridgehead atoms. The van der Waals surface area contributed by atoms with Crippen molar-refractivity contribution in [3.63, 3.8) is 0 Å². The van der Waals surface area contributed by atoms with Crippen LogP contribution in [0.3, 0.4) is 0 Å². The molecule has 0 spiro atoms. The Morgan fingerprint density at radius 1 is 1.32 bits per heavy atom. The summed E-state index contributed by atoms with van der Waals surface area (Å²) in [6.07, 6.45) is 3.27. The second-order valence-corrected chi connectivity index (χ2v) is 4.95. The molecule has 1 aromatic rings. The monoisotopic (exact) mass is 326 g/mol. The summed E-state index contributed by atoms with van der Waals surface area (Å²) in [5.74, 6) is 0.175. The minimum absolute atomic E-state index is 0. The number of thiazole rings is 1. The summed E-state index contributed by atoms with van der Waals surface area (Å²) in [6.45, 7) is 3.88. The first kappa shape index (κ1) is 18.4. The summed E-state index contributed by atoms with van der Waals surface area (Å²) >= 11 is 1.65. The fourth-order valence-electron chi connectivity index (χ4n) is 2.01. The predicted octanol–water partition coefficient (Wildman–Crippen LogP) is 1.37. The lowest BCUT2D eigenvalue weighted by atomic mass is 10.3. The summed E-state index contributed by atoms with van der Waals surface area (Å²) in [5.41, 5.74) is 5.41. The molecule has 2 rings (SSSR count). The lowest BCUT2D eigenvalue weighted by molar-refractivity contribution is -0.130. The Labute approximate surface area is 130 Å². The van der Waals surface area contributed by atoms with Crippen molar-refractivity contribution in [2.45, 2.75) is 12.8 Å². The van der Waals surface area contributed by atoms with Gasteiger partial charge in [0.25, 0.3) is 0 Å². The topological polar surface area (TPSA) is 62.5 Å². The molecule has 0 atom stereocenters. The van der Waals surface area contributed by atoms with E-state index in [9.17, 15) is 4.79 Å². The molecule has 8 heteroatoms. The van der Waals surface area contributed by atoms with Gasteiger partial charge in [0.1, 0.15) is 0 Å². The second-order valence-electron chi connectivity index (χ2n) is 4.07. The van der Waals surface area contributed by atoms with Gasteiger partial charge in [0.2, 0.25) is 5.91 Å². The zero-order valence-corrected chi connectivity index (χ0v) is 13.1. The van der Waals surface area contributed by atoms with Crippen LogP contribution in [0.1, 0.15) is 12.8 Å². The van der Waals surface area contributed by atoms with Gasteiger partial charge in [0.15, 0.2) is 5.13 Å². The zero-order chi connectivity index (χ0) is 12.1. The van der Waals surface area contributed by atoms with E-state index in [1.807, 2.05) is 16.5 Å². The molecule has 19 heavy (non-hydrogen) atoms. The summed E-state index contributed by atoms with van der Waals surface area (Å²) in [5, 5.41) is 3.04. The summed E-state index contributed by atoms with van der Waals surface area (Å²) in [6, 6.07) is 0. The van der Waals surface area contributed by atoms with Gasteiger partial charge in [-0.1, -0.05) is 0 Å². The van der Waals surface area contributed by atoms with Gasteiger partial charge in [-0.05, 0) is 6.42 Å². The highest BCUT2D eigenvalue weighted by Gasteiger charge is 2.19. The fraction of sp³-hybridized carbons (Fsp3) is 0.636. The average molecular weight is 327 g/mol. The highest BCUT2D eigenvalue weighted by molar-refractivity contribution is 7.13. The number of halogens is 2. The maximum absolute atomic E-state index is 11.8. The number of anilines is 1. The molecule has 1 fully saturated rings. The zero-order valence-electron chi connectivity index (χ0n) is 10.7. The van der Waals surface area contributed by atoms with E-state index in [-0.39, 0.29) is 30.7 Å². The number of carbonyl (C=O) groups excluding carboxylic acids is 1. The Hall–Kier alpha value is -0.560. The maximum Gasteiger partial charge on any atom is 0.223 e. The van der Waals surface area contributed by atoms with Crippen molar-refractivity contribution in [3.8, 4) is 0 Å². The average Bonchev–Trinajstić information content (AvgIpc) is 2.74. The molecule has 5 nitrogen and oxygen atoms in total. The minimum atomic E-state index is 0. The van der Waals surface area contributed by atoms with Gasteiger partial charge in [-0.15, -0.1) is 36.2 Å². The number of carbonyl (C=O) groups is 1. The van der Waals surface area contributed by atoms with Crippen LogP contribution in [0.4, 0.5) is 5.13 Å². The van der Waals surface area contributed by atoms with E-state index in [1.54, 1.807) is 11.3 Å². The number of nitrogens with zero attached hydrogens (tertiary/aromatic N) is 3. The third kappa shape index (κ3) is 5.14. The van der Waals surface area contributed by atoms with Gasteiger partial charge in [-0.3, -0.25) is 4.79 Å². The third-order valence-corrected chi connectivity index (χ3v) is 3.73. The van der Waals surface area contributed by atoms with Gasteiger partial charge in [0, 0.05) is 50.7 Å². The van der Waals surface area contributed by atoms with E-state index in [0.29, 0.717) is 13.0 Å². The van der Waals surface area contributed by atoms with E-state index in [4.69, 9.17) is 5.73 Å². The molecular formula is C11H20Cl2N4OS. The lowest BCUT2D eigenvalue weighted by Crippen LogP contribution is -2.36. The number of hydrogen-bond donors (Lipinski definition) is 1. The molecule has 0 radical (unpaired) electrons. The highest BCUT2D eigenvalue weighted by atomic mass is 35.5. The molecule has 1 aliphatic rings. The summed E-state index contributed by atoms with van der Waals surface area (Å²) in [7, 11) is 0. The van der Waals surface area contributed by atoms with Gasteiger partial charge >= 0.3 is 0 Å². The quantitative estimate of drug-likeness (QED) is 0.911. The molecule has 0 aromatic carbocycles. The standard InChI is InChI=1S/C11H18N4OS.2ClH/c12-3-2-10(16)14-5-1-6-15(8-7-14)11-13-4-9-17-11;;/h4,9H,1-3,5-8,12H2;2*1H. The summed E-state index contributed by atoms with van der Waals surface area (Å²) < 4.78 is 0. The van der Waals surface area contributed by atoms with Gasteiger partial charge in [-0.25, -0.2) is 4.98 Å². The number of aromatic nitrogens is 1. The van der Waals surface area contributed by atoms with Crippen LogP contribution in [0.25, 0.3) is 0 Å². The van der Waals surface area contributed by atoms with Crippen molar-refractivity contribution in [3.05, 3.63) is 11.6 Å². The first-order valence-corrected chi connectivity index (χ1v) is 6.81. The predicted molar refractivity (Wildman–Crippen MR) is 83.7 cm³/mol. The largest absolute Gasteiger partial charge is 0.346 e. The Kier molecular flexibility index (Phi) is 9.08. The molecule has 1 amide bonds. The van der Waals surface area contributed by atoms with Crippen LogP contribution in [0.15, 0.2) is 11.6 Å². The number of rotatable bonds is 3. The molecule has 0 aliphatic carbocycles. The van der Waals surface area contributed by atoms with Crippen molar-refractivity contribution < 1.29 is 4.79 Å². The molecule has 1 aliphatic heterocycles. The van der Waals surface area contributed by atoms with E-state index in [1.165, 1.54) is 0 Å². The highest BCUT2D eigenvalue weighted by Crippen LogP contribution is 2.19. The van der Waals surface area contributed by atoms with E-state index in [2.05, 4.69) is 9.88 Å². The van der Waals surface area contributed by atoms with Crippen molar-refractivity contribution in [2.24, 2.45) is 5.73 Å². The van der Waals surface area contributed by atoms with Crippen molar-refractivity contribution in [1.82, 2.24) is 9.88 Å². The molecule has 1 aromatic heterocycles. The fourth-order valence-corrected chi connectivity index (χ4v) is 2.71. The Morgan fingerprint density at radius 3 is 2.74 bits per heavy atom. The van der Waals surface area contributed by atoms with Gasteiger partial charge in [-0.2, -0.15) is 0 Å². The van der Waals surface area contributed by atoms with Crippen molar-refractivity contribution in [1.29, 1.82) is 0 Å². The molecule has 0 unspecified atom stereocenters. The van der Waals surface area contributed by atoms with E-state index in [0.717, 1.165) is 37.7 Å². The molecule has 2 heterocycles. The smallest absolute Gasteiger partial charge is 0.223 e. The molecular weight excluding hydrogens is 307 g/mol. The van der Waals surface area contributed by atoms with Crippen LogP contribution in [-0.2, 0) is 4.79 Å². The van der Waals surface area contributed by atoms with Gasteiger partial charge < -0.3 is 15.5 Å². The number of nitrogens with two attached hydrogens (primary N) is 1.